The van der Waals surface area contributed by atoms with Gasteiger partial charge in [-0.2, -0.15) is 5.26 Å². The van der Waals surface area contributed by atoms with Gasteiger partial charge in [-0.15, -0.1) is 0 Å². The lowest BCUT2D eigenvalue weighted by molar-refractivity contribution is -0.130. The molecule has 0 N–H and O–H groups in total. The van der Waals surface area contributed by atoms with Crippen LogP contribution in [0.25, 0.3) is 0 Å². The van der Waals surface area contributed by atoms with Crippen molar-refractivity contribution < 1.29 is 14.3 Å². The molecule has 1 rings (SSSR count). The number of hydrogen-bond donors (Lipinski definition) is 0. The van der Waals surface area contributed by atoms with Crippen molar-refractivity contribution in [1.82, 2.24) is 4.90 Å². The van der Waals surface area contributed by atoms with Crippen LogP contribution in [0.3, 0.4) is 0 Å². The summed E-state index contributed by atoms with van der Waals surface area (Å²) < 4.78 is 10.6. The second-order valence-electron chi connectivity index (χ2n) is 4.71. The summed E-state index contributed by atoms with van der Waals surface area (Å²) in [4.78, 5) is 13.3. The minimum atomic E-state index is -0.0121. The largest absolute Gasteiger partial charge is 0.493 e. The predicted molar refractivity (Wildman–Crippen MR) is 80.0 cm³/mol. The molecule has 0 fully saturated rings. The Morgan fingerprint density at radius 3 is 2.62 bits per heavy atom. The summed E-state index contributed by atoms with van der Waals surface area (Å²) in [6.07, 6.45) is 1.54. The number of ether oxygens (including phenoxy) is 2. The van der Waals surface area contributed by atoms with Gasteiger partial charge in [0.25, 0.3) is 0 Å². The van der Waals surface area contributed by atoms with Gasteiger partial charge in [-0.05, 0) is 24.1 Å². The highest BCUT2D eigenvalue weighted by Crippen LogP contribution is 2.13. The maximum atomic E-state index is 11.7. The molecule has 0 bridgehead atoms. The van der Waals surface area contributed by atoms with Gasteiger partial charge in [-0.1, -0.05) is 12.1 Å². The van der Waals surface area contributed by atoms with Gasteiger partial charge in [0.1, 0.15) is 5.75 Å². The zero-order valence-electron chi connectivity index (χ0n) is 12.7. The van der Waals surface area contributed by atoms with Gasteiger partial charge in [0.2, 0.25) is 5.91 Å². The van der Waals surface area contributed by atoms with Gasteiger partial charge in [0.15, 0.2) is 0 Å². The molecular weight excluding hydrogens is 268 g/mol. The number of benzene rings is 1. The maximum absolute atomic E-state index is 11.7. The Kier molecular flexibility index (Phi) is 7.92. The van der Waals surface area contributed by atoms with Crippen LogP contribution in [0.1, 0.15) is 18.4 Å². The Balaban J connectivity index is 2.29. The molecule has 0 heterocycles. The van der Waals surface area contributed by atoms with Crippen molar-refractivity contribution >= 4 is 5.91 Å². The summed E-state index contributed by atoms with van der Waals surface area (Å²) in [6.45, 7) is 1.50. The normalized spacial score (nSPS) is 9.95. The zero-order valence-corrected chi connectivity index (χ0v) is 12.7. The van der Waals surface area contributed by atoms with Gasteiger partial charge in [-0.3, -0.25) is 4.79 Å². The van der Waals surface area contributed by atoms with Crippen LogP contribution in [0.5, 0.6) is 5.75 Å². The van der Waals surface area contributed by atoms with Crippen LogP contribution in [0.2, 0.25) is 0 Å². The summed E-state index contributed by atoms with van der Waals surface area (Å²) in [5.41, 5.74) is 1.19. The molecule has 1 aromatic carbocycles. The fourth-order valence-corrected chi connectivity index (χ4v) is 1.76. The Morgan fingerprint density at radius 2 is 2.00 bits per heavy atom. The topological polar surface area (TPSA) is 62.6 Å². The van der Waals surface area contributed by atoms with E-state index in [2.05, 4.69) is 0 Å². The Morgan fingerprint density at radius 1 is 1.29 bits per heavy atom. The van der Waals surface area contributed by atoms with Crippen LogP contribution in [-0.4, -0.2) is 44.7 Å². The van der Waals surface area contributed by atoms with E-state index < -0.39 is 0 Å². The fourth-order valence-electron chi connectivity index (χ4n) is 1.76. The van der Waals surface area contributed by atoms with Crippen LogP contribution >= 0.6 is 0 Å². The van der Waals surface area contributed by atoms with Crippen molar-refractivity contribution in [1.29, 1.82) is 5.26 Å². The molecule has 1 aromatic rings. The first-order valence-electron chi connectivity index (χ1n) is 6.99. The number of rotatable bonds is 9. The minimum absolute atomic E-state index is 0.0121. The fraction of sp³-hybridized carbons (Fsp3) is 0.500. The molecule has 5 nitrogen and oxygen atoms in total. The monoisotopic (exact) mass is 290 g/mol. The Labute approximate surface area is 126 Å². The van der Waals surface area contributed by atoms with E-state index in [0.29, 0.717) is 32.6 Å². The molecule has 0 saturated carbocycles. The highest BCUT2D eigenvalue weighted by molar-refractivity contribution is 5.75. The summed E-state index contributed by atoms with van der Waals surface area (Å²) >= 11 is 0. The van der Waals surface area contributed by atoms with Crippen LogP contribution in [0.4, 0.5) is 0 Å². The van der Waals surface area contributed by atoms with Crippen LogP contribution in [0.15, 0.2) is 24.3 Å². The van der Waals surface area contributed by atoms with Crippen molar-refractivity contribution in [3.05, 3.63) is 29.8 Å². The van der Waals surface area contributed by atoms with Gasteiger partial charge in [0.05, 0.1) is 32.1 Å². The predicted octanol–water partition coefficient (Wildman–Crippen LogP) is 2.02. The number of methoxy groups -OCH3 is 1. The van der Waals surface area contributed by atoms with Crippen molar-refractivity contribution in [2.45, 2.75) is 19.3 Å². The summed E-state index contributed by atoms with van der Waals surface area (Å²) in [5, 5.41) is 8.48. The third-order valence-electron chi connectivity index (χ3n) is 3.09. The molecular formula is C16H22N2O3. The minimum Gasteiger partial charge on any atom is -0.493 e. The molecule has 0 aliphatic heterocycles. The molecule has 5 heteroatoms. The van der Waals surface area contributed by atoms with Crippen molar-refractivity contribution in [2.24, 2.45) is 0 Å². The van der Waals surface area contributed by atoms with Crippen molar-refractivity contribution in [3.8, 4) is 11.8 Å². The summed E-state index contributed by atoms with van der Waals surface area (Å²) in [7, 11) is 3.38. The van der Waals surface area contributed by atoms with E-state index in [1.807, 2.05) is 30.3 Å². The van der Waals surface area contributed by atoms with Gasteiger partial charge >= 0.3 is 0 Å². The smallest absolute Gasteiger partial charge is 0.225 e. The van der Waals surface area contributed by atoms with E-state index in [4.69, 9.17) is 14.7 Å². The van der Waals surface area contributed by atoms with E-state index in [1.54, 1.807) is 19.1 Å². The first kappa shape index (κ1) is 17.0. The molecule has 0 aromatic heterocycles. The number of carbonyl (C=O) groups is 1. The molecule has 0 radical (unpaired) electrons. The molecule has 21 heavy (non-hydrogen) atoms. The SMILES string of the molecule is COCCc1ccc(OCCC(=O)N(C)CCC#N)cc1. The van der Waals surface area contributed by atoms with Gasteiger partial charge < -0.3 is 14.4 Å². The van der Waals surface area contributed by atoms with E-state index in [1.165, 1.54) is 5.56 Å². The lowest BCUT2D eigenvalue weighted by Gasteiger charge is -2.15. The van der Waals surface area contributed by atoms with Crippen LogP contribution in [-0.2, 0) is 16.0 Å². The molecule has 0 atom stereocenters. The summed E-state index contributed by atoms with van der Waals surface area (Å²) in [6, 6.07) is 9.81. The highest BCUT2D eigenvalue weighted by atomic mass is 16.5. The third kappa shape index (κ3) is 6.77. The van der Waals surface area contributed by atoms with Crippen LogP contribution < -0.4 is 4.74 Å². The average Bonchev–Trinajstić information content (AvgIpc) is 2.51. The zero-order chi connectivity index (χ0) is 15.5. The van der Waals surface area contributed by atoms with Crippen LogP contribution in [0, 0.1) is 11.3 Å². The number of hydrogen-bond acceptors (Lipinski definition) is 4. The van der Waals surface area contributed by atoms with E-state index in [0.717, 1.165) is 12.2 Å². The molecule has 0 saturated heterocycles. The molecule has 0 unspecified atom stereocenters. The third-order valence-corrected chi connectivity index (χ3v) is 3.09. The number of nitrogens with zero attached hydrogens (tertiary/aromatic N) is 2. The van der Waals surface area contributed by atoms with Crippen molar-refractivity contribution in [3.63, 3.8) is 0 Å². The second kappa shape index (κ2) is 9.78. The van der Waals surface area contributed by atoms with E-state index in [9.17, 15) is 4.79 Å². The van der Waals surface area contributed by atoms with E-state index in [-0.39, 0.29) is 5.91 Å². The number of carbonyl (C=O) groups excluding carboxylic acids is 1. The molecule has 1 amide bonds. The standard InChI is InChI=1S/C16H22N2O3/c1-18(11-3-10-17)16(19)9-13-21-15-6-4-14(5-7-15)8-12-20-2/h4-7H,3,8-9,11-13H2,1-2H3. The Hall–Kier alpha value is -2.06. The second-order valence-corrected chi connectivity index (χ2v) is 4.71. The average molecular weight is 290 g/mol. The van der Waals surface area contributed by atoms with E-state index >= 15 is 0 Å². The molecule has 0 aliphatic rings. The first-order valence-corrected chi connectivity index (χ1v) is 6.99. The molecule has 0 aliphatic carbocycles. The maximum Gasteiger partial charge on any atom is 0.225 e. The lowest BCUT2D eigenvalue weighted by Crippen LogP contribution is -2.28. The van der Waals surface area contributed by atoms with Gasteiger partial charge in [0, 0.05) is 20.7 Å². The van der Waals surface area contributed by atoms with Gasteiger partial charge in [-0.25, -0.2) is 0 Å². The first-order chi connectivity index (χ1) is 10.2. The molecule has 0 spiro atoms. The highest BCUT2D eigenvalue weighted by Gasteiger charge is 2.08. The van der Waals surface area contributed by atoms with Crippen molar-refractivity contribution in [2.75, 3.05) is 33.9 Å². The molecule has 114 valence electrons. The number of nitriles is 1. The summed E-state index contributed by atoms with van der Waals surface area (Å²) in [5.74, 6) is 0.741. The quantitative estimate of drug-likeness (QED) is 0.698. The number of amides is 1. The Bertz CT molecular complexity index is 465. The lowest BCUT2D eigenvalue weighted by atomic mass is 10.1.